The Morgan fingerprint density at radius 2 is 1.69 bits per heavy atom. The van der Waals surface area contributed by atoms with Gasteiger partial charge in [0, 0.05) is 16.3 Å². The molecule has 4 aromatic rings. The van der Waals surface area contributed by atoms with Gasteiger partial charge in [-0.3, -0.25) is 10.1 Å². The number of hydrogen-bond donors (Lipinski definition) is 1. The molecule has 0 atom stereocenters. The van der Waals surface area contributed by atoms with Crippen molar-refractivity contribution >= 4 is 44.5 Å². The van der Waals surface area contributed by atoms with Gasteiger partial charge in [0.1, 0.15) is 0 Å². The fraction of sp³-hybridized carbons (Fsp3) is 0. The number of rotatable bonds is 4. The van der Waals surface area contributed by atoms with E-state index in [0.717, 1.165) is 26.0 Å². The summed E-state index contributed by atoms with van der Waals surface area (Å²) in [6.45, 7) is 0. The van der Waals surface area contributed by atoms with Crippen LogP contribution in [0.25, 0.3) is 31.2 Å². The maximum atomic E-state index is 11.6. The standard InChI is InChI=1S/C18H10N2O4S2/c21-18(22)11-9-13(19-12-4-2-1-3-10(11)12)14-5-6-15(25-14)16-7-8-17(26-16)20(23)24/h1-9H,(H,21,22). The molecule has 0 aliphatic carbocycles. The molecule has 0 spiro atoms. The number of aromatic carboxylic acids is 1. The molecule has 26 heavy (non-hydrogen) atoms. The van der Waals surface area contributed by atoms with E-state index in [4.69, 9.17) is 0 Å². The van der Waals surface area contributed by atoms with Crippen LogP contribution in [-0.4, -0.2) is 21.0 Å². The van der Waals surface area contributed by atoms with Gasteiger partial charge in [0.15, 0.2) is 0 Å². The van der Waals surface area contributed by atoms with Gasteiger partial charge in [-0.2, -0.15) is 0 Å². The average molecular weight is 382 g/mol. The summed E-state index contributed by atoms with van der Waals surface area (Å²) in [5.74, 6) is -1.00. The van der Waals surface area contributed by atoms with Crippen molar-refractivity contribution in [3.8, 4) is 20.3 Å². The van der Waals surface area contributed by atoms with E-state index in [1.807, 2.05) is 18.2 Å². The summed E-state index contributed by atoms with van der Waals surface area (Å²) in [5.41, 5.74) is 1.39. The Hall–Kier alpha value is -3.10. The highest BCUT2D eigenvalue weighted by Gasteiger charge is 2.16. The summed E-state index contributed by atoms with van der Waals surface area (Å²) in [4.78, 5) is 29.1. The number of carboxylic acid groups (broad SMARTS) is 1. The molecule has 0 saturated carbocycles. The first kappa shape index (κ1) is 16.4. The molecular weight excluding hydrogens is 372 g/mol. The lowest BCUT2D eigenvalue weighted by Gasteiger charge is -2.05. The lowest BCUT2D eigenvalue weighted by Crippen LogP contribution is -1.99. The van der Waals surface area contributed by atoms with Crippen LogP contribution in [0.2, 0.25) is 0 Å². The molecule has 0 bridgehead atoms. The van der Waals surface area contributed by atoms with Crippen LogP contribution in [0.3, 0.4) is 0 Å². The second-order valence-corrected chi connectivity index (χ2v) is 7.58. The normalized spacial score (nSPS) is 10.9. The van der Waals surface area contributed by atoms with E-state index in [0.29, 0.717) is 16.6 Å². The number of nitrogens with zero attached hydrogens (tertiary/aromatic N) is 2. The lowest BCUT2D eigenvalue weighted by molar-refractivity contribution is -0.380. The molecule has 0 saturated heterocycles. The quantitative estimate of drug-likeness (QED) is 0.382. The van der Waals surface area contributed by atoms with Crippen molar-refractivity contribution in [1.29, 1.82) is 0 Å². The Kier molecular flexibility index (Phi) is 3.98. The molecule has 1 aromatic carbocycles. The van der Waals surface area contributed by atoms with Gasteiger partial charge in [-0.15, -0.1) is 11.3 Å². The molecule has 0 unspecified atom stereocenters. The zero-order valence-electron chi connectivity index (χ0n) is 13.1. The predicted molar refractivity (Wildman–Crippen MR) is 102 cm³/mol. The summed E-state index contributed by atoms with van der Waals surface area (Å²) in [7, 11) is 0. The molecule has 0 amide bonds. The van der Waals surface area contributed by atoms with E-state index < -0.39 is 10.9 Å². The second kappa shape index (κ2) is 6.32. The zero-order chi connectivity index (χ0) is 18.3. The molecule has 0 aliphatic heterocycles. The van der Waals surface area contributed by atoms with Gasteiger partial charge in [-0.25, -0.2) is 9.78 Å². The SMILES string of the molecule is O=C(O)c1cc(-c2ccc(-c3ccc([N+](=O)[O-])s3)s2)nc2ccccc12. The first-order chi connectivity index (χ1) is 12.5. The summed E-state index contributed by atoms with van der Waals surface area (Å²) in [5, 5.41) is 21.0. The highest BCUT2D eigenvalue weighted by atomic mass is 32.1. The number of nitro groups is 1. The first-order valence-corrected chi connectivity index (χ1v) is 9.14. The third-order valence-corrected chi connectivity index (χ3v) is 6.16. The van der Waals surface area contributed by atoms with Crippen LogP contribution in [0.5, 0.6) is 0 Å². The van der Waals surface area contributed by atoms with Crippen molar-refractivity contribution < 1.29 is 14.8 Å². The van der Waals surface area contributed by atoms with Crippen LogP contribution < -0.4 is 0 Å². The molecule has 1 N–H and O–H groups in total. The van der Waals surface area contributed by atoms with Crippen LogP contribution >= 0.6 is 22.7 Å². The number of carboxylic acids is 1. The number of carbonyl (C=O) groups is 1. The molecule has 3 heterocycles. The van der Waals surface area contributed by atoms with Gasteiger partial charge >= 0.3 is 11.0 Å². The molecule has 0 fully saturated rings. The van der Waals surface area contributed by atoms with E-state index >= 15 is 0 Å². The van der Waals surface area contributed by atoms with Gasteiger partial charge in [0.2, 0.25) is 0 Å². The number of thiophene rings is 2. The molecule has 6 nitrogen and oxygen atoms in total. The van der Waals surface area contributed by atoms with Crippen LogP contribution in [0.4, 0.5) is 5.00 Å². The highest BCUT2D eigenvalue weighted by Crippen LogP contribution is 2.39. The van der Waals surface area contributed by atoms with Crippen molar-refractivity contribution in [2.24, 2.45) is 0 Å². The van der Waals surface area contributed by atoms with Crippen molar-refractivity contribution in [3.05, 3.63) is 70.3 Å². The molecule has 3 aromatic heterocycles. The minimum atomic E-state index is -1.00. The molecule has 4 rings (SSSR count). The molecular formula is C18H10N2O4S2. The minimum Gasteiger partial charge on any atom is -0.478 e. The molecule has 8 heteroatoms. The van der Waals surface area contributed by atoms with Gasteiger partial charge in [-0.1, -0.05) is 29.5 Å². The Bertz CT molecular complexity index is 1160. The van der Waals surface area contributed by atoms with Gasteiger partial charge in [0.25, 0.3) is 0 Å². The summed E-state index contributed by atoms with van der Waals surface area (Å²) >= 11 is 2.54. The number of benzene rings is 1. The second-order valence-electron chi connectivity index (χ2n) is 5.44. The van der Waals surface area contributed by atoms with E-state index in [9.17, 15) is 20.0 Å². The smallest absolute Gasteiger partial charge is 0.336 e. The summed E-state index contributed by atoms with van der Waals surface area (Å²) in [6.07, 6.45) is 0. The number of fused-ring (bicyclic) bond motifs is 1. The van der Waals surface area contributed by atoms with Crippen molar-refractivity contribution in [2.45, 2.75) is 0 Å². The minimum absolute atomic E-state index is 0.0898. The predicted octanol–water partition coefficient (Wildman–Crippen LogP) is 5.30. The monoisotopic (exact) mass is 382 g/mol. The van der Waals surface area contributed by atoms with E-state index in [1.165, 1.54) is 17.4 Å². The Labute approximate surface area is 155 Å². The van der Waals surface area contributed by atoms with Crippen molar-refractivity contribution in [3.63, 3.8) is 0 Å². The van der Waals surface area contributed by atoms with E-state index in [2.05, 4.69) is 4.98 Å². The first-order valence-electron chi connectivity index (χ1n) is 7.51. The van der Waals surface area contributed by atoms with E-state index in [1.54, 1.807) is 30.3 Å². The largest absolute Gasteiger partial charge is 0.478 e. The maximum Gasteiger partial charge on any atom is 0.336 e. The topological polar surface area (TPSA) is 93.3 Å². The number of aromatic nitrogens is 1. The highest BCUT2D eigenvalue weighted by molar-refractivity contribution is 7.25. The molecule has 128 valence electrons. The fourth-order valence-corrected chi connectivity index (χ4v) is 4.52. The van der Waals surface area contributed by atoms with Crippen LogP contribution in [-0.2, 0) is 0 Å². The fourth-order valence-electron chi connectivity index (χ4n) is 2.64. The van der Waals surface area contributed by atoms with Crippen LogP contribution in [0.1, 0.15) is 10.4 Å². The molecule has 0 radical (unpaired) electrons. The van der Waals surface area contributed by atoms with Gasteiger partial charge < -0.3 is 5.11 Å². The lowest BCUT2D eigenvalue weighted by atomic mass is 10.1. The maximum absolute atomic E-state index is 11.6. The summed E-state index contributed by atoms with van der Waals surface area (Å²) < 4.78 is 0. The third-order valence-electron chi connectivity index (χ3n) is 3.82. The summed E-state index contributed by atoms with van der Waals surface area (Å²) in [6, 6.07) is 15.6. The van der Waals surface area contributed by atoms with Crippen molar-refractivity contribution in [1.82, 2.24) is 4.98 Å². The average Bonchev–Trinajstić information content (AvgIpc) is 3.29. The number of pyridine rings is 1. The number of hydrogen-bond acceptors (Lipinski definition) is 6. The number of para-hydroxylation sites is 1. The van der Waals surface area contributed by atoms with Crippen LogP contribution in [0, 0.1) is 10.1 Å². The molecule has 0 aliphatic rings. The Balaban J connectivity index is 1.80. The Morgan fingerprint density at radius 1 is 1.00 bits per heavy atom. The van der Waals surface area contributed by atoms with Gasteiger partial charge in [-0.05, 0) is 30.3 Å². The zero-order valence-corrected chi connectivity index (χ0v) is 14.7. The Morgan fingerprint density at radius 3 is 2.42 bits per heavy atom. The van der Waals surface area contributed by atoms with E-state index in [-0.39, 0.29) is 10.6 Å². The van der Waals surface area contributed by atoms with Crippen LogP contribution in [0.15, 0.2) is 54.6 Å². The van der Waals surface area contributed by atoms with Gasteiger partial charge in [0.05, 0.1) is 31.5 Å². The van der Waals surface area contributed by atoms with Crippen molar-refractivity contribution in [2.75, 3.05) is 0 Å². The third kappa shape index (κ3) is 2.85.